The lowest BCUT2D eigenvalue weighted by atomic mass is 9.97. The zero-order chi connectivity index (χ0) is 13.8. The van der Waals surface area contributed by atoms with Crippen molar-refractivity contribution >= 4 is 12.0 Å². The first kappa shape index (κ1) is 14.7. The number of carbonyl (C=O) groups excluding carboxylic acids is 1. The fraction of sp³-hybridized carbons (Fsp3) is 0.818. The molecule has 18 heavy (non-hydrogen) atoms. The number of nitrogens with one attached hydrogen (secondary N) is 1. The lowest BCUT2D eigenvalue weighted by Crippen LogP contribution is -2.65. The second kappa shape index (κ2) is 6.01. The van der Waals surface area contributed by atoms with Gasteiger partial charge in [-0.25, -0.2) is 9.59 Å². The second-order valence-electron chi connectivity index (χ2n) is 5.02. The highest BCUT2D eigenvalue weighted by Crippen LogP contribution is 2.24. The number of urea groups is 1. The fourth-order valence-corrected chi connectivity index (χ4v) is 1.73. The summed E-state index contributed by atoms with van der Waals surface area (Å²) in [5.74, 6) is -0.995. The number of ether oxygens (including phenoxy) is 1. The minimum absolute atomic E-state index is 0.131. The van der Waals surface area contributed by atoms with Gasteiger partial charge in [-0.3, -0.25) is 0 Å². The summed E-state index contributed by atoms with van der Waals surface area (Å²) in [5, 5.41) is 11.3. The van der Waals surface area contributed by atoms with Crippen LogP contribution in [0.15, 0.2) is 0 Å². The van der Waals surface area contributed by atoms with E-state index in [0.29, 0.717) is 19.6 Å². The molecule has 1 aliphatic rings. The highest BCUT2D eigenvalue weighted by atomic mass is 16.5. The van der Waals surface area contributed by atoms with Gasteiger partial charge in [-0.05, 0) is 21.0 Å². The van der Waals surface area contributed by atoms with E-state index in [0.717, 1.165) is 6.54 Å². The van der Waals surface area contributed by atoms with Crippen molar-refractivity contribution in [1.29, 1.82) is 0 Å². The predicted molar refractivity (Wildman–Crippen MR) is 65.5 cm³/mol. The summed E-state index contributed by atoms with van der Waals surface area (Å²) in [6.07, 6.45) is 0. The van der Waals surface area contributed by atoms with Crippen LogP contribution in [0.2, 0.25) is 0 Å². The molecule has 7 heteroatoms. The normalized spacial score (nSPS) is 17.4. The highest BCUT2D eigenvalue weighted by molar-refractivity contribution is 5.75. The second-order valence-corrected chi connectivity index (χ2v) is 5.02. The van der Waals surface area contributed by atoms with Gasteiger partial charge in [0.15, 0.2) is 0 Å². The number of aliphatic carboxylic acids is 1. The maximum atomic E-state index is 11.7. The van der Waals surface area contributed by atoms with Crippen molar-refractivity contribution in [3.63, 3.8) is 0 Å². The van der Waals surface area contributed by atoms with Crippen LogP contribution in [0, 0.1) is 0 Å². The Hall–Kier alpha value is -1.34. The van der Waals surface area contributed by atoms with Crippen molar-refractivity contribution in [3.05, 3.63) is 0 Å². The average molecular weight is 259 g/mol. The number of hydrogen-bond acceptors (Lipinski definition) is 4. The predicted octanol–water partition coefficient (Wildman–Crippen LogP) is -0.567. The molecule has 0 radical (unpaired) electrons. The summed E-state index contributed by atoms with van der Waals surface area (Å²) in [5.41, 5.74) is -0.530. The Labute approximate surface area is 107 Å². The number of rotatable bonds is 6. The lowest BCUT2D eigenvalue weighted by molar-refractivity contribution is -0.159. The first-order chi connectivity index (χ1) is 8.32. The van der Waals surface area contributed by atoms with E-state index in [-0.39, 0.29) is 12.6 Å². The van der Waals surface area contributed by atoms with Crippen LogP contribution in [0.3, 0.4) is 0 Å². The van der Waals surface area contributed by atoms with Crippen LogP contribution in [0.4, 0.5) is 4.79 Å². The van der Waals surface area contributed by atoms with Crippen molar-refractivity contribution < 1.29 is 19.4 Å². The van der Waals surface area contributed by atoms with Gasteiger partial charge in [0.25, 0.3) is 0 Å². The summed E-state index contributed by atoms with van der Waals surface area (Å²) in [6.45, 7) is 3.70. The van der Waals surface area contributed by atoms with Gasteiger partial charge in [0.2, 0.25) is 0 Å². The number of likely N-dealkylation sites (tertiary alicyclic amines) is 1. The number of nitrogens with zero attached hydrogens (tertiary/aromatic N) is 2. The summed E-state index contributed by atoms with van der Waals surface area (Å²) in [4.78, 5) is 25.6. The van der Waals surface area contributed by atoms with Gasteiger partial charge in [-0.1, -0.05) is 0 Å². The third kappa shape index (κ3) is 4.50. The molecule has 1 fully saturated rings. The summed E-state index contributed by atoms with van der Waals surface area (Å²) < 4.78 is 5.22. The van der Waals surface area contributed by atoms with Crippen LogP contribution in [-0.2, 0) is 9.53 Å². The molecule has 0 atom stereocenters. The topological polar surface area (TPSA) is 82.1 Å². The standard InChI is InChI=1S/C11H21N3O4/c1-11(18-6-9(15)16)7-14(8-11)10(17)12-4-5-13(2)3/h4-8H2,1-3H3,(H,12,17)(H,15,16). The SMILES string of the molecule is CN(C)CCNC(=O)N1CC(C)(OCC(=O)O)C1. The summed E-state index contributed by atoms with van der Waals surface area (Å²) >= 11 is 0. The van der Waals surface area contributed by atoms with Crippen LogP contribution in [0.1, 0.15) is 6.92 Å². The molecule has 0 aromatic carbocycles. The molecule has 0 unspecified atom stereocenters. The lowest BCUT2D eigenvalue weighted by Gasteiger charge is -2.47. The van der Waals surface area contributed by atoms with Crippen molar-refractivity contribution in [2.24, 2.45) is 0 Å². The Kier molecular flexibility index (Phi) is 4.92. The smallest absolute Gasteiger partial charge is 0.329 e. The van der Waals surface area contributed by atoms with E-state index in [1.165, 1.54) is 0 Å². The first-order valence-electron chi connectivity index (χ1n) is 5.86. The third-order valence-electron chi connectivity index (χ3n) is 2.72. The minimum atomic E-state index is -0.995. The number of hydrogen-bond donors (Lipinski definition) is 2. The van der Waals surface area contributed by atoms with Crippen LogP contribution in [0.5, 0.6) is 0 Å². The van der Waals surface area contributed by atoms with Crippen LogP contribution in [-0.4, -0.2) is 79.4 Å². The van der Waals surface area contributed by atoms with E-state index in [1.54, 1.807) is 11.8 Å². The average Bonchev–Trinajstić information content (AvgIpc) is 2.21. The number of carboxylic acids is 1. The zero-order valence-corrected chi connectivity index (χ0v) is 11.1. The highest BCUT2D eigenvalue weighted by Gasteiger charge is 2.42. The van der Waals surface area contributed by atoms with Crippen molar-refractivity contribution in [2.75, 3.05) is 46.9 Å². The van der Waals surface area contributed by atoms with Gasteiger partial charge in [-0.2, -0.15) is 0 Å². The van der Waals surface area contributed by atoms with Crippen molar-refractivity contribution in [1.82, 2.24) is 15.1 Å². The molecule has 1 rings (SSSR count). The Bertz CT molecular complexity index is 313. The monoisotopic (exact) mass is 259 g/mol. The summed E-state index contributed by atoms with van der Waals surface area (Å²) in [6, 6.07) is -0.131. The molecule has 7 nitrogen and oxygen atoms in total. The van der Waals surface area contributed by atoms with E-state index in [1.807, 2.05) is 19.0 Å². The molecular formula is C11H21N3O4. The first-order valence-corrected chi connectivity index (χ1v) is 5.86. The van der Waals surface area contributed by atoms with E-state index in [4.69, 9.17) is 9.84 Å². The zero-order valence-electron chi connectivity index (χ0n) is 11.1. The van der Waals surface area contributed by atoms with Gasteiger partial charge in [0.05, 0.1) is 13.1 Å². The molecule has 1 heterocycles. The maximum Gasteiger partial charge on any atom is 0.329 e. The van der Waals surface area contributed by atoms with Gasteiger partial charge < -0.3 is 25.0 Å². The fourth-order valence-electron chi connectivity index (χ4n) is 1.73. The van der Waals surface area contributed by atoms with Gasteiger partial charge >= 0.3 is 12.0 Å². The molecule has 0 aromatic heterocycles. The van der Waals surface area contributed by atoms with E-state index in [9.17, 15) is 9.59 Å². The van der Waals surface area contributed by atoms with Crippen molar-refractivity contribution in [3.8, 4) is 0 Å². The molecule has 2 N–H and O–H groups in total. The van der Waals surface area contributed by atoms with E-state index >= 15 is 0 Å². The molecule has 1 aliphatic heterocycles. The Balaban J connectivity index is 2.20. The van der Waals surface area contributed by atoms with E-state index in [2.05, 4.69) is 5.32 Å². The number of likely N-dealkylation sites (N-methyl/N-ethyl adjacent to an activating group) is 1. The molecule has 0 aromatic rings. The molecule has 1 saturated heterocycles. The number of carboxylic acid groups (broad SMARTS) is 1. The van der Waals surface area contributed by atoms with Gasteiger partial charge in [0, 0.05) is 13.1 Å². The van der Waals surface area contributed by atoms with E-state index < -0.39 is 11.6 Å². The Morgan fingerprint density at radius 2 is 2.06 bits per heavy atom. The molecule has 0 spiro atoms. The summed E-state index contributed by atoms with van der Waals surface area (Å²) in [7, 11) is 3.87. The Morgan fingerprint density at radius 1 is 1.44 bits per heavy atom. The van der Waals surface area contributed by atoms with Crippen molar-refractivity contribution in [2.45, 2.75) is 12.5 Å². The molecular weight excluding hydrogens is 238 g/mol. The van der Waals surface area contributed by atoms with Gasteiger partial charge in [-0.15, -0.1) is 0 Å². The quantitative estimate of drug-likeness (QED) is 0.668. The number of carbonyl (C=O) groups is 2. The maximum absolute atomic E-state index is 11.7. The van der Waals surface area contributed by atoms with Crippen LogP contribution < -0.4 is 5.32 Å². The Morgan fingerprint density at radius 3 is 2.56 bits per heavy atom. The van der Waals surface area contributed by atoms with Crippen LogP contribution >= 0.6 is 0 Å². The molecule has 2 amide bonds. The van der Waals surface area contributed by atoms with Gasteiger partial charge in [0.1, 0.15) is 12.2 Å². The largest absolute Gasteiger partial charge is 0.480 e. The number of amides is 2. The minimum Gasteiger partial charge on any atom is -0.480 e. The molecule has 0 saturated carbocycles. The third-order valence-corrected chi connectivity index (χ3v) is 2.72. The molecule has 104 valence electrons. The molecule has 0 aliphatic carbocycles. The van der Waals surface area contributed by atoms with Crippen LogP contribution in [0.25, 0.3) is 0 Å². The molecule has 0 bridgehead atoms.